The van der Waals surface area contributed by atoms with E-state index in [1.807, 2.05) is 13.0 Å². The summed E-state index contributed by atoms with van der Waals surface area (Å²) < 4.78 is 15.0. The summed E-state index contributed by atoms with van der Waals surface area (Å²) in [5, 5.41) is 12.7. The average molecular weight is 440 g/mol. The second-order valence-corrected chi connectivity index (χ2v) is 9.11. The number of aryl methyl sites for hydroxylation is 1. The van der Waals surface area contributed by atoms with Gasteiger partial charge in [-0.2, -0.15) is 5.26 Å². The zero-order chi connectivity index (χ0) is 22.9. The van der Waals surface area contributed by atoms with E-state index < -0.39 is 11.7 Å². The lowest BCUT2D eigenvalue weighted by Gasteiger charge is -2.47. The number of anilines is 2. The van der Waals surface area contributed by atoms with Crippen molar-refractivity contribution in [3.8, 4) is 6.07 Å². The summed E-state index contributed by atoms with van der Waals surface area (Å²) >= 11 is 6.00. The number of hydrogen-bond acceptors (Lipinski definition) is 3. The van der Waals surface area contributed by atoms with Gasteiger partial charge in [-0.15, -0.1) is 0 Å². The Morgan fingerprint density at radius 2 is 2.10 bits per heavy atom. The minimum atomic E-state index is -0.602. The number of nitrogens with one attached hydrogen (secondary N) is 1. The molecule has 0 fully saturated rings. The molecule has 1 aliphatic rings. The predicted octanol–water partition coefficient (Wildman–Crippen LogP) is 6.45. The van der Waals surface area contributed by atoms with E-state index >= 15 is 4.39 Å². The predicted molar refractivity (Wildman–Crippen MR) is 125 cm³/mol. The molecule has 6 heteroatoms. The van der Waals surface area contributed by atoms with Crippen molar-refractivity contribution in [1.29, 1.82) is 5.26 Å². The number of nitrogens with zero attached hydrogens (tertiary/aromatic N) is 2. The van der Waals surface area contributed by atoms with Gasteiger partial charge in [0.25, 0.3) is 5.91 Å². The number of benzene rings is 2. The molecule has 1 amide bonds. The molecule has 0 saturated heterocycles. The highest BCUT2D eigenvalue weighted by molar-refractivity contribution is 6.31. The maximum absolute atomic E-state index is 15.0. The molecule has 0 bridgehead atoms. The van der Waals surface area contributed by atoms with Gasteiger partial charge in [-0.1, -0.05) is 24.6 Å². The summed E-state index contributed by atoms with van der Waals surface area (Å²) in [6.45, 7) is 11.1. The Kier molecular flexibility index (Phi) is 6.43. The highest BCUT2D eigenvalue weighted by Gasteiger charge is 2.36. The van der Waals surface area contributed by atoms with E-state index in [2.05, 4.69) is 37.9 Å². The Labute approximate surface area is 188 Å². The SMILES string of the molecule is CCN1c2cc(F)c(/C=C(\C#N)C(=O)Nc3cc(Cl)ccc3C)cc2C(C)CC1(C)C. The fraction of sp³-hybridized carbons (Fsp3) is 0.360. The first-order chi connectivity index (χ1) is 14.6. The van der Waals surface area contributed by atoms with E-state index in [0.717, 1.165) is 29.8 Å². The second kappa shape index (κ2) is 8.72. The Morgan fingerprint density at radius 1 is 1.39 bits per heavy atom. The molecule has 0 saturated carbocycles. The molecule has 1 heterocycles. The molecule has 1 aliphatic heterocycles. The second-order valence-electron chi connectivity index (χ2n) is 8.68. The molecule has 31 heavy (non-hydrogen) atoms. The van der Waals surface area contributed by atoms with Gasteiger partial charge in [0.05, 0.1) is 0 Å². The monoisotopic (exact) mass is 439 g/mol. The molecule has 162 valence electrons. The summed E-state index contributed by atoms with van der Waals surface area (Å²) in [5.41, 5.74) is 3.21. The van der Waals surface area contributed by atoms with Crippen LogP contribution in [0.5, 0.6) is 0 Å². The van der Waals surface area contributed by atoms with E-state index in [4.69, 9.17) is 11.6 Å². The third kappa shape index (κ3) is 4.60. The minimum Gasteiger partial charge on any atom is -0.366 e. The number of nitriles is 1. The molecule has 3 rings (SSSR count). The number of carbonyl (C=O) groups excluding carboxylic acids is 1. The van der Waals surface area contributed by atoms with E-state index in [0.29, 0.717) is 10.7 Å². The van der Waals surface area contributed by atoms with Crippen molar-refractivity contribution in [2.75, 3.05) is 16.8 Å². The van der Waals surface area contributed by atoms with Crippen LogP contribution < -0.4 is 10.2 Å². The van der Waals surface area contributed by atoms with Crippen LogP contribution >= 0.6 is 11.6 Å². The number of amides is 1. The van der Waals surface area contributed by atoms with Crippen molar-refractivity contribution >= 4 is 35.0 Å². The Balaban J connectivity index is 1.98. The zero-order valence-electron chi connectivity index (χ0n) is 18.5. The Hall–Kier alpha value is -2.84. The van der Waals surface area contributed by atoms with E-state index in [-0.39, 0.29) is 22.6 Å². The van der Waals surface area contributed by atoms with Crippen LogP contribution in [0.2, 0.25) is 5.02 Å². The Bertz CT molecular complexity index is 1100. The van der Waals surface area contributed by atoms with E-state index in [1.54, 1.807) is 24.3 Å². The third-order valence-electron chi connectivity index (χ3n) is 5.93. The first-order valence-corrected chi connectivity index (χ1v) is 10.8. The summed E-state index contributed by atoms with van der Waals surface area (Å²) in [6.07, 6.45) is 2.25. The van der Waals surface area contributed by atoms with Gasteiger partial charge in [-0.05, 0) is 81.5 Å². The topological polar surface area (TPSA) is 56.1 Å². The smallest absolute Gasteiger partial charge is 0.266 e. The van der Waals surface area contributed by atoms with Crippen LogP contribution in [0.15, 0.2) is 35.9 Å². The lowest BCUT2D eigenvalue weighted by molar-refractivity contribution is -0.112. The fourth-order valence-corrected chi connectivity index (χ4v) is 4.62. The quantitative estimate of drug-likeness (QED) is 0.440. The molecule has 2 aromatic rings. The van der Waals surface area contributed by atoms with E-state index in [1.165, 1.54) is 12.1 Å². The average Bonchev–Trinajstić information content (AvgIpc) is 2.69. The van der Waals surface area contributed by atoms with Gasteiger partial charge in [-0.25, -0.2) is 4.39 Å². The van der Waals surface area contributed by atoms with Crippen LogP contribution in [0.4, 0.5) is 15.8 Å². The van der Waals surface area contributed by atoms with Crippen molar-refractivity contribution in [3.05, 3.63) is 63.4 Å². The summed E-state index contributed by atoms with van der Waals surface area (Å²) in [5.74, 6) is -0.829. The van der Waals surface area contributed by atoms with Crippen LogP contribution in [0, 0.1) is 24.1 Å². The van der Waals surface area contributed by atoms with Gasteiger partial charge in [0.2, 0.25) is 0 Å². The molecule has 0 spiro atoms. The summed E-state index contributed by atoms with van der Waals surface area (Å²) in [4.78, 5) is 14.9. The van der Waals surface area contributed by atoms with Crippen LogP contribution in [0.25, 0.3) is 6.08 Å². The lowest BCUT2D eigenvalue weighted by atomic mass is 9.79. The minimum absolute atomic E-state index is 0.0719. The molecular weight excluding hydrogens is 413 g/mol. The number of carbonyl (C=O) groups is 1. The molecule has 4 nitrogen and oxygen atoms in total. The number of halogens is 2. The lowest BCUT2D eigenvalue weighted by Crippen LogP contribution is -2.48. The summed E-state index contributed by atoms with van der Waals surface area (Å²) in [7, 11) is 0. The highest BCUT2D eigenvalue weighted by atomic mass is 35.5. The molecule has 1 N–H and O–H groups in total. The third-order valence-corrected chi connectivity index (χ3v) is 6.17. The normalized spacial score (nSPS) is 17.7. The standard InChI is InChI=1S/C25H27ClFN3O/c1-6-30-23-12-21(27)17(10-20(23)16(3)13-25(30,4)5)9-18(14-28)24(31)29-22-11-19(26)8-7-15(22)2/h7-12,16H,6,13H2,1-5H3,(H,29,31)/b18-9+. The molecule has 0 aliphatic carbocycles. The number of fused-ring (bicyclic) bond motifs is 1. The maximum atomic E-state index is 15.0. The van der Waals surface area contributed by atoms with Crippen molar-refractivity contribution in [1.82, 2.24) is 0 Å². The number of hydrogen-bond donors (Lipinski definition) is 1. The molecular formula is C25H27ClFN3O. The van der Waals surface area contributed by atoms with Crippen molar-refractivity contribution in [3.63, 3.8) is 0 Å². The van der Waals surface area contributed by atoms with Crippen molar-refractivity contribution < 1.29 is 9.18 Å². The fourth-order valence-electron chi connectivity index (χ4n) is 4.45. The molecule has 1 atom stereocenters. The van der Waals surface area contributed by atoms with Crippen molar-refractivity contribution in [2.45, 2.75) is 52.5 Å². The van der Waals surface area contributed by atoms with Crippen molar-refractivity contribution in [2.24, 2.45) is 0 Å². The first-order valence-electron chi connectivity index (χ1n) is 10.4. The Morgan fingerprint density at radius 3 is 2.74 bits per heavy atom. The van der Waals surface area contributed by atoms with Crippen LogP contribution in [-0.4, -0.2) is 18.0 Å². The summed E-state index contributed by atoms with van der Waals surface area (Å²) in [6, 6.07) is 10.3. The van der Waals surface area contributed by atoms with Crippen LogP contribution in [-0.2, 0) is 4.79 Å². The van der Waals surface area contributed by atoms with Gasteiger partial charge in [-0.3, -0.25) is 4.79 Å². The van der Waals surface area contributed by atoms with Gasteiger partial charge in [0, 0.05) is 34.0 Å². The van der Waals surface area contributed by atoms with E-state index in [9.17, 15) is 10.1 Å². The van der Waals surface area contributed by atoms with Gasteiger partial charge >= 0.3 is 0 Å². The molecule has 0 aromatic heterocycles. The van der Waals surface area contributed by atoms with Crippen LogP contribution in [0.3, 0.4) is 0 Å². The van der Waals surface area contributed by atoms with Crippen LogP contribution in [0.1, 0.15) is 56.7 Å². The van der Waals surface area contributed by atoms with Gasteiger partial charge < -0.3 is 10.2 Å². The molecule has 2 aromatic carbocycles. The highest BCUT2D eigenvalue weighted by Crippen LogP contribution is 2.44. The first kappa shape index (κ1) is 22.8. The zero-order valence-corrected chi connectivity index (χ0v) is 19.3. The largest absolute Gasteiger partial charge is 0.366 e. The van der Waals surface area contributed by atoms with Gasteiger partial charge in [0.1, 0.15) is 17.5 Å². The molecule has 1 unspecified atom stereocenters. The van der Waals surface area contributed by atoms with Gasteiger partial charge in [0.15, 0.2) is 0 Å². The molecule has 0 radical (unpaired) electrons. The maximum Gasteiger partial charge on any atom is 0.266 e. The number of rotatable bonds is 4.